The van der Waals surface area contributed by atoms with Crippen LogP contribution in [-0.4, -0.2) is 6.61 Å². The van der Waals surface area contributed by atoms with Crippen LogP contribution < -0.4 is 4.74 Å². The van der Waals surface area contributed by atoms with Crippen molar-refractivity contribution in [3.8, 4) is 5.75 Å². The van der Waals surface area contributed by atoms with E-state index in [1.807, 2.05) is 60.6 Å². The molecule has 3 heteroatoms. The summed E-state index contributed by atoms with van der Waals surface area (Å²) in [6.45, 7) is 16.8. The highest BCUT2D eigenvalue weighted by molar-refractivity contribution is 6.37. The van der Waals surface area contributed by atoms with Crippen LogP contribution in [0, 0.1) is 6.92 Å². The Kier molecular flexibility index (Phi) is 23.8. The molecule has 0 amide bonds. The van der Waals surface area contributed by atoms with Crippen molar-refractivity contribution < 1.29 is 4.74 Å². The minimum absolute atomic E-state index is 0.594. The Balaban J connectivity index is -0.000000478. The van der Waals surface area contributed by atoms with E-state index >= 15 is 0 Å². The molecule has 1 nitrogen and oxygen atoms in total. The number of aryl methyl sites for hydroxylation is 1. The summed E-state index contributed by atoms with van der Waals surface area (Å²) >= 11 is 12.1. The third-order valence-corrected chi connectivity index (χ3v) is 2.70. The number of benzene rings is 1. The van der Waals surface area contributed by atoms with E-state index in [0.717, 1.165) is 12.0 Å². The van der Waals surface area contributed by atoms with Crippen LogP contribution in [0.4, 0.5) is 0 Å². The Labute approximate surface area is 143 Å². The van der Waals surface area contributed by atoms with Gasteiger partial charge in [0.2, 0.25) is 0 Å². The largest absolute Gasteiger partial charge is 0.490 e. The van der Waals surface area contributed by atoms with Crippen LogP contribution in [0.1, 0.15) is 73.3 Å². The van der Waals surface area contributed by atoms with Crippen molar-refractivity contribution in [3.63, 3.8) is 0 Å². The first-order valence-corrected chi connectivity index (χ1v) is 8.99. The first-order valence-electron chi connectivity index (χ1n) is 8.23. The topological polar surface area (TPSA) is 9.23 Å². The van der Waals surface area contributed by atoms with E-state index in [9.17, 15) is 0 Å². The van der Waals surface area contributed by atoms with Crippen molar-refractivity contribution in [2.45, 2.75) is 74.7 Å². The maximum absolute atomic E-state index is 6.04. The molecule has 0 aromatic heterocycles. The zero-order chi connectivity index (χ0) is 17.3. The molecule has 0 saturated carbocycles. The van der Waals surface area contributed by atoms with Gasteiger partial charge in [-0.25, -0.2) is 0 Å². The summed E-state index contributed by atoms with van der Waals surface area (Å²) in [5.74, 6) is 0.611. The molecule has 126 valence electrons. The third-order valence-electron chi connectivity index (χ3n) is 2.14. The van der Waals surface area contributed by atoms with E-state index in [0.29, 0.717) is 22.4 Å². The molecule has 0 radical (unpaired) electrons. The van der Waals surface area contributed by atoms with Crippen LogP contribution >= 0.6 is 23.2 Å². The molecule has 0 fully saturated rings. The zero-order valence-corrected chi connectivity index (χ0v) is 16.7. The van der Waals surface area contributed by atoms with Crippen molar-refractivity contribution in [2.75, 3.05) is 6.61 Å². The predicted molar refractivity (Wildman–Crippen MR) is 100 cm³/mol. The van der Waals surface area contributed by atoms with Gasteiger partial charge < -0.3 is 4.74 Å². The van der Waals surface area contributed by atoms with Gasteiger partial charge in [-0.3, -0.25) is 0 Å². The molecule has 0 aliphatic carbocycles. The maximum atomic E-state index is 6.04. The zero-order valence-electron chi connectivity index (χ0n) is 15.1. The summed E-state index contributed by atoms with van der Waals surface area (Å²) in [6, 6.07) is 3.73. The number of ether oxygens (including phenoxy) is 1. The normalized spacial score (nSPS) is 8.29. The molecule has 0 heterocycles. The van der Waals surface area contributed by atoms with Crippen LogP contribution in [0.5, 0.6) is 5.75 Å². The average molecular weight is 337 g/mol. The van der Waals surface area contributed by atoms with Gasteiger partial charge in [0.05, 0.1) is 16.7 Å². The van der Waals surface area contributed by atoms with Crippen molar-refractivity contribution >= 4 is 23.2 Å². The fraction of sp³-hybridized carbons (Fsp3) is 0.667. The van der Waals surface area contributed by atoms with Gasteiger partial charge in [0.25, 0.3) is 0 Å². The molecule has 0 spiro atoms. The van der Waals surface area contributed by atoms with Crippen molar-refractivity contribution in [1.82, 2.24) is 0 Å². The van der Waals surface area contributed by atoms with Gasteiger partial charge in [0.1, 0.15) is 0 Å². The predicted octanol–water partition coefficient (Wildman–Crippen LogP) is 7.95. The van der Waals surface area contributed by atoms with Gasteiger partial charge >= 0.3 is 0 Å². The molecule has 0 unspecified atom stereocenters. The molecule has 0 aliphatic rings. The molecule has 1 aromatic carbocycles. The van der Waals surface area contributed by atoms with Gasteiger partial charge in [-0.1, -0.05) is 84.5 Å². The van der Waals surface area contributed by atoms with E-state index in [-0.39, 0.29) is 0 Å². The Hall–Kier alpha value is -0.400. The van der Waals surface area contributed by atoms with Crippen molar-refractivity contribution in [3.05, 3.63) is 27.7 Å². The van der Waals surface area contributed by atoms with Gasteiger partial charge in [0.15, 0.2) is 5.75 Å². The minimum Gasteiger partial charge on any atom is -0.490 e. The number of halogens is 2. The van der Waals surface area contributed by atoms with Gasteiger partial charge in [-0.15, -0.1) is 0 Å². The molecular weight excluding hydrogens is 303 g/mol. The van der Waals surface area contributed by atoms with Crippen LogP contribution in [0.15, 0.2) is 12.1 Å². The van der Waals surface area contributed by atoms with Crippen LogP contribution in [0.2, 0.25) is 10.0 Å². The van der Waals surface area contributed by atoms with Gasteiger partial charge in [0, 0.05) is 0 Å². The van der Waals surface area contributed by atoms with Gasteiger partial charge in [-0.2, -0.15) is 0 Å². The highest BCUT2D eigenvalue weighted by Crippen LogP contribution is 2.34. The maximum Gasteiger partial charge on any atom is 0.156 e. The Morgan fingerprint density at radius 2 is 1.29 bits per heavy atom. The van der Waals surface area contributed by atoms with E-state index < -0.39 is 0 Å². The summed E-state index contributed by atoms with van der Waals surface area (Å²) in [7, 11) is 0. The lowest BCUT2D eigenvalue weighted by molar-refractivity contribution is 0.306. The van der Waals surface area contributed by atoms with E-state index in [2.05, 4.69) is 6.92 Å². The summed E-state index contributed by atoms with van der Waals surface area (Å²) in [5, 5.41) is 1.19. The summed E-state index contributed by atoms with van der Waals surface area (Å²) < 4.78 is 5.56. The lowest BCUT2D eigenvalue weighted by Crippen LogP contribution is -1.98. The van der Waals surface area contributed by atoms with Crippen molar-refractivity contribution in [1.29, 1.82) is 0 Å². The average Bonchev–Trinajstić information content (AvgIpc) is 2.51. The molecule has 0 N–H and O–H groups in total. The molecule has 0 bridgehead atoms. The fourth-order valence-electron chi connectivity index (χ4n) is 1.35. The minimum atomic E-state index is 0.594. The standard InChI is InChI=1S/C12H16Cl2O.3C2H6/c1-3-4-5-6-15-12-10(13)7-9(2)8-11(12)14;3*1-2/h7-8H,3-6H2,1-2H3;3*1-2H3. The highest BCUT2D eigenvalue weighted by atomic mass is 35.5. The quantitative estimate of drug-likeness (QED) is 0.495. The molecule has 0 atom stereocenters. The summed E-state index contributed by atoms with van der Waals surface area (Å²) in [6.07, 6.45) is 3.39. The molecule has 21 heavy (non-hydrogen) atoms. The lowest BCUT2D eigenvalue weighted by Gasteiger charge is -2.10. The monoisotopic (exact) mass is 336 g/mol. The van der Waals surface area contributed by atoms with E-state index in [4.69, 9.17) is 27.9 Å². The second-order valence-corrected chi connectivity index (χ2v) is 4.43. The van der Waals surface area contributed by atoms with Crippen LogP contribution in [0.25, 0.3) is 0 Å². The Bertz CT molecular complexity index is 302. The fourth-order valence-corrected chi connectivity index (χ4v) is 2.06. The van der Waals surface area contributed by atoms with E-state index in [1.54, 1.807) is 0 Å². The Morgan fingerprint density at radius 1 is 0.857 bits per heavy atom. The molecule has 0 aliphatic heterocycles. The first kappa shape index (κ1) is 25.5. The van der Waals surface area contributed by atoms with E-state index in [1.165, 1.54) is 12.8 Å². The number of unbranched alkanes of at least 4 members (excludes halogenated alkanes) is 2. The van der Waals surface area contributed by atoms with Crippen molar-refractivity contribution in [2.24, 2.45) is 0 Å². The number of rotatable bonds is 5. The molecule has 0 saturated heterocycles. The lowest BCUT2D eigenvalue weighted by atomic mass is 10.2. The van der Waals surface area contributed by atoms with Gasteiger partial charge in [-0.05, 0) is 31.0 Å². The molecular formula is C18H34Cl2O. The first-order chi connectivity index (χ1) is 10.1. The highest BCUT2D eigenvalue weighted by Gasteiger charge is 2.07. The summed E-state index contributed by atoms with van der Waals surface area (Å²) in [5.41, 5.74) is 1.05. The second-order valence-electron chi connectivity index (χ2n) is 3.61. The molecule has 1 aromatic rings. The van der Waals surface area contributed by atoms with Crippen LogP contribution in [-0.2, 0) is 0 Å². The third kappa shape index (κ3) is 13.0. The Morgan fingerprint density at radius 3 is 1.67 bits per heavy atom. The van der Waals surface area contributed by atoms with Crippen LogP contribution in [0.3, 0.4) is 0 Å². The SMILES string of the molecule is CC.CC.CC.CCCCCOc1c(Cl)cc(C)cc1Cl. The molecule has 1 rings (SSSR count). The number of hydrogen-bond donors (Lipinski definition) is 0. The summed E-state index contributed by atoms with van der Waals surface area (Å²) in [4.78, 5) is 0. The second kappa shape index (κ2) is 19.6. The number of hydrogen-bond acceptors (Lipinski definition) is 1. The smallest absolute Gasteiger partial charge is 0.156 e.